The Morgan fingerprint density at radius 2 is 1.76 bits per heavy atom. The summed E-state index contributed by atoms with van der Waals surface area (Å²) in [6.07, 6.45) is 0. The molecule has 0 aromatic heterocycles. The number of hydrogen-bond acceptors (Lipinski definition) is 3. The van der Waals surface area contributed by atoms with Gasteiger partial charge in [-0.25, -0.2) is 0 Å². The van der Waals surface area contributed by atoms with Gasteiger partial charge in [-0.2, -0.15) is 0 Å². The summed E-state index contributed by atoms with van der Waals surface area (Å²) in [6.45, 7) is 7.03. The number of ether oxygens (including phenoxy) is 2. The zero-order valence-corrected chi connectivity index (χ0v) is 11.2. The van der Waals surface area contributed by atoms with Crippen LogP contribution in [-0.2, 0) is 10.2 Å². The van der Waals surface area contributed by atoms with Gasteiger partial charge in [0.15, 0.2) is 0 Å². The molecule has 0 aliphatic carbocycles. The Morgan fingerprint density at radius 1 is 1.12 bits per heavy atom. The van der Waals surface area contributed by atoms with Crippen molar-refractivity contribution in [3.05, 3.63) is 29.8 Å². The molecule has 0 unspecified atom stereocenters. The molecule has 3 nitrogen and oxygen atoms in total. The molecular formula is C14H23NO2. The molecule has 0 aliphatic heterocycles. The van der Waals surface area contributed by atoms with E-state index in [0.717, 1.165) is 25.4 Å². The molecule has 96 valence electrons. The van der Waals surface area contributed by atoms with E-state index in [0.29, 0.717) is 0 Å². The normalized spacial score (nSPS) is 11.5. The Kier molecular flexibility index (Phi) is 5.45. The highest BCUT2D eigenvalue weighted by atomic mass is 16.5. The molecule has 0 saturated heterocycles. The first-order valence-electron chi connectivity index (χ1n) is 5.94. The van der Waals surface area contributed by atoms with Crippen LogP contribution in [0, 0.1) is 0 Å². The summed E-state index contributed by atoms with van der Waals surface area (Å²) < 4.78 is 10.2. The van der Waals surface area contributed by atoms with Crippen molar-refractivity contribution in [2.45, 2.75) is 19.3 Å². The maximum Gasteiger partial charge on any atom is 0.118 e. The third-order valence-electron chi connectivity index (χ3n) is 2.92. The maximum absolute atomic E-state index is 5.16. The Bertz CT molecular complexity index is 319. The van der Waals surface area contributed by atoms with Crippen molar-refractivity contribution in [2.75, 3.05) is 33.9 Å². The van der Waals surface area contributed by atoms with Gasteiger partial charge in [0.25, 0.3) is 0 Å². The topological polar surface area (TPSA) is 30.5 Å². The highest BCUT2D eigenvalue weighted by Gasteiger charge is 2.19. The summed E-state index contributed by atoms with van der Waals surface area (Å²) in [5.74, 6) is 0.900. The predicted octanol–water partition coefficient (Wildman–Crippen LogP) is 2.21. The van der Waals surface area contributed by atoms with Gasteiger partial charge in [-0.15, -0.1) is 0 Å². The average Bonchev–Trinajstić information content (AvgIpc) is 2.35. The Hall–Kier alpha value is -1.06. The molecule has 1 aromatic rings. The molecule has 0 saturated carbocycles. The fourth-order valence-electron chi connectivity index (χ4n) is 1.72. The van der Waals surface area contributed by atoms with Crippen LogP contribution in [0.5, 0.6) is 5.75 Å². The Labute approximate surface area is 104 Å². The lowest BCUT2D eigenvalue weighted by Gasteiger charge is -2.26. The molecule has 1 rings (SSSR count). The number of nitrogens with one attached hydrogen (secondary N) is 1. The molecule has 0 radical (unpaired) electrons. The SMILES string of the molecule is COCCNCC(C)(C)c1ccc(OC)cc1. The predicted molar refractivity (Wildman–Crippen MR) is 70.8 cm³/mol. The van der Waals surface area contributed by atoms with Gasteiger partial charge in [-0.05, 0) is 17.7 Å². The van der Waals surface area contributed by atoms with Gasteiger partial charge in [-0.3, -0.25) is 0 Å². The molecule has 17 heavy (non-hydrogen) atoms. The minimum atomic E-state index is 0.111. The second-order valence-electron chi connectivity index (χ2n) is 4.78. The summed E-state index contributed by atoms with van der Waals surface area (Å²) in [6, 6.07) is 8.26. The van der Waals surface area contributed by atoms with Crippen LogP contribution in [0.4, 0.5) is 0 Å². The molecule has 0 aliphatic rings. The Morgan fingerprint density at radius 3 is 2.29 bits per heavy atom. The second-order valence-corrected chi connectivity index (χ2v) is 4.78. The van der Waals surface area contributed by atoms with Gasteiger partial charge < -0.3 is 14.8 Å². The van der Waals surface area contributed by atoms with Crippen LogP contribution in [0.2, 0.25) is 0 Å². The molecule has 3 heteroatoms. The molecule has 0 spiro atoms. The summed E-state index contributed by atoms with van der Waals surface area (Å²) >= 11 is 0. The van der Waals surface area contributed by atoms with Gasteiger partial charge in [0, 0.05) is 25.6 Å². The molecular weight excluding hydrogens is 214 g/mol. The molecule has 1 N–H and O–H groups in total. The van der Waals surface area contributed by atoms with E-state index in [4.69, 9.17) is 9.47 Å². The number of benzene rings is 1. The highest BCUT2D eigenvalue weighted by Crippen LogP contribution is 2.24. The van der Waals surface area contributed by atoms with Crippen molar-refractivity contribution >= 4 is 0 Å². The van der Waals surface area contributed by atoms with E-state index in [2.05, 4.69) is 31.3 Å². The summed E-state index contributed by atoms with van der Waals surface area (Å²) in [4.78, 5) is 0. The third kappa shape index (κ3) is 4.36. The van der Waals surface area contributed by atoms with Gasteiger partial charge in [0.1, 0.15) is 5.75 Å². The van der Waals surface area contributed by atoms with E-state index in [1.807, 2.05) is 12.1 Å². The van der Waals surface area contributed by atoms with Crippen LogP contribution in [0.25, 0.3) is 0 Å². The first-order valence-corrected chi connectivity index (χ1v) is 5.94. The fourth-order valence-corrected chi connectivity index (χ4v) is 1.72. The molecule has 0 bridgehead atoms. The van der Waals surface area contributed by atoms with Crippen molar-refractivity contribution in [3.8, 4) is 5.75 Å². The monoisotopic (exact) mass is 237 g/mol. The maximum atomic E-state index is 5.16. The van der Waals surface area contributed by atoms with Crippen molar-refractivity contribution < 1.29 is 9.47 Å². The smallest absolute Gasteiger partial charge is 0.118 e. The van der Waals surface area contributed by atoms with E-state index in [1.165, 1.54) is 5.56 Å². The lowest BCUT2D eigenvalue weighted by Crippen LogP contribution is -2.34. The quantitative estimate of drug-likeness (QED) is 0.738. The highest BCUT2D eigenvalue weighted by molar-refractivity contribution is 5.31. The minimum absolute atomic E-state index is 0.111. The van der Waals surface area contributed by atoms with Crippen LogP contribution < -0.4 is 10.1 Å². The lowest BCUT2D eigenvalue weighted by molar-refractivity contribution is 0.197. The van der Waals surface area contributed by atoms with Crippen molar-refractivity contribution in [1.29, 1.82) is 0 Å². The summed E-state index contributed by atoms with van der Waals surface area (Å²) in [5, 5.41) is 3.40. The first-order chi connectivity index (χ1) is 8.10. The number of rotatable bonds is 7. The lowest BCUT2D eigenvalue weighted by atomic mass is 9.84. The van der Waals surface area contributed by atoms with E-state index < -0.39 is 0 Å². The fraction of sp³-hybridized carbons (Fsp3) is 0.571. The molecule has 0 amide bonds. The van der Waals surface area contributed by atoms with Crippen LogP contribution in [0.1, 0.15) is 19.4 Å². The minimum Gasteiger partial charge on any atom is -0.497 e. The Balaban J connectivity index is 2.55. The van der Waals surface area contributed by atoms with Crippen molar-refractivity contribution in [1.82, 2.24) is 5.32 Å². The average molecular weight is 237 g/mol. The van der Waals surface area contributed by atoms with Crippen molar-refractivity contribution in [3.63, 3.8) is 0 Å². The molecule has 0 heterocycles. The van der Waals surface area contributed by atoms with Gasteiger partial charge in [0.05, 0.1) is 13.7 Å². The van der Waals surface area contributed by atoms with Crippen LogP contribution in [-0.4, -0.2) is 33.9 Å². The van der Waals surface area contributed by atoms with E-state index in [1.54, 1.807) is 14.2 Å². The number of methoxy groups -OCH3 is 2. The van der Waals surface area contributed by atoms with Crippen LogP contribution in [0.3, 0.4) is 0 Å². The molecule has 1 aromatic carbocycles. The van der Waals surface area contributed by atoms with Gasteiger partial charge >= 0.3 is 0 Å². The van der Waals surface area contributed by atoms with Crippen LogP contribution >= 0.6 is 0 Å². The zero-order valence-electron chi connectivity index (χ0n) is 11.2. The van der Waals surface area contributed by atoms with Gasteiger partial charge in [0.2, 0.25) is 0 Å². The summed E-state index contributed by atoms with van der Waals surface area (Å²) in [7, 11) is 3.41. The zero-order chi connectivity index (χ0) is 12.7. The number of hydrogen-bond donors (Lipinski definition) is 1. The molecule has 0 fully saturated rings. The van der Waals surface area contributed by atoms with Gasteiger partial charge in [-0.1, -0.05) is 26.0 Å². The first kappa shape index (κ1) is 14.0. The summed E-state index contributed by atoms with van der Waals surface area (Å²) in [5.41, 5.74) is 1.42. The van der Waals surface area contributed by atoms with Crippen molar-refractivity contribution in [2.24, 2.45) is 0 Å². The standard InChI is InChI=1S/C14H23NO2/c1-14(2,11-15-9-10-16-3)12-5-7-13(17-4)8-6-12/h5-8,15H,9-11H2,1-4H3. The third-order valence-corrected chi connectivity index (χ3v) is 2.92. The van der Waals surface area contributed by atoms with E-state index in [9.17, 15) is 0 Å². The second kappa shape index (κ2) is 6.62. The molecule has 0 atom stereocenters. The van der Waals surface area contributed by atoms with Crippen LogP contribution in [0.15, 0.2) is 24.3 Å². The van der Waals surface area contributed by atoms with E-state index in [-0.39, 0.29) is 5.41 Å². The van der Waals surface area contributed by atoms with E-state index >= 15 is 0 Å². The largest absolute Gasteiger partial charge is 0.497 e.